The van der Waals surface area contributed by atoms with E-state index in [-0.39, 0.29) is 5.97 Å². The number of rotatable bonds is 6. The van der Waals surface area contributed by atoms with Crippen molar-refractivity contribution in [2.24, 2.45) is 0 Å². The number of carbonyl (C=O) groups excluding carboxylic acids is 1. The van der Waals surface area contributed by atoms with Crippen molar-refractivity contribution in [3.05, 3.63) is 12.3 Å². The van der Waals surface area contributed by atoms with Gasteiger partial charge in [-0.05, 0) is 6.42 Å². The molecule has 0 heterocycles. The van der Waals surface area contributed by atoms with Crippen molar-refractivity contribution >= 4 is 5.97 Å². The number of unbranched alkanes of at least 4 members (excludes halogenated alkanes) is 2. The Labute approximate surface area is 73.8 Å². The Hall–Kier alpha value is -0.990. The molecule has 0 aromatic heterocycles. The molecule has 0 aromatic rings. The molecule has 0 aromatic carbocycles. The van der Waals surface area contributed by atoms with Crippen molar-refractivity contribution in [2.75, 3.05) is 13.7 Å². The van der Waals surface area contributed by atoms with Crippen molar-refractivity contribution in [1.29, 1.82) is 0 Å². The highest BCUT2D eigenvalue weighted by Gasteiger charge is 2.03. The van der Waals surface area contributed by atoms with Gasteiger partial charge in [-0.2, -0.15) is 0 Å². The molecule has 12 heavy (non-hydrogen) atoms. The zero-order valence-corrected chi connectivity index (χ0v) is 7.85. The number of hydrogen-bond donors (Lipinski definition) is 1. The molecule has 0 saturated carbocycles. The highest BCUT2D eigenvalue weighted by atomic mass is 16.5. The molecule has 0 spiro atoms. The Bertz CT molecular complexity index is 155. The SMILES string of the molecule is C=C(NCCCCC)C(=O)OC. The molecule has 0 amide bonds. The largest absolute Gasteiger partial charge is 0.464 e. The van der Waals surface area contributed by atoms with E-state index in [1.807, 2.05) is 0 Å². The molecule has 0 aliphatic rings. The molecule has 1 N–H and O–H groups in total. The molecule has 70 valence electrons. The van der Waals surface area contributed by atoms with Crippen LogP contribution in [0.5, 0.6) is 0 Å². The Kier molecular flexibility index (Phi) is 6.15. The molecule has 3 nitrogen and oxygen atoms in total. The van der Waals surface area contributed by atoms with Crippen LogP contribution in [0.4, 0.5) is 0 Å². The molecule has 0 atom stereocenters. The Balaban J connectivity index is 3.38. The van der Waals surface area contributed by atoms with Crippen LogP contribution in [0.3, 0.4) is 0 Å². The Morgan fingerprint density at radius 1 is 1.50 bits per heavy atom. The van der Waals surface area contributed by atoms with Gasteiger partial charge in [0, 0.05) is 6.54 Å². The van der Waals surface area contributed by atoms with Crippen molar-refractivity contribution < 1.29 is 9.53 Å². The normalized spacial score (nSPS) is 9.17. The van der Waals surface area contributed by atoms with Crippen LogP contribution in [0.15, 0.2) is 12.3 Å². The van der Waals surface area contributed by atoms with Crippen molar-refractivity contribution in [3.63, 3.8) is 0 Å². The van der Waals surface area contributed by atoms with E-state index in [1.54, 1.807) is 0 Å². The van der Waals surface area contributed by atoms with E-state index < -0.39 is 0 Å². The number of hydrogen-bond acceptors (Lipinski definition) is 3. The van der Waals surface area contributed by atoms with E-state index in [2.05, 4.69) is 23.6 Å². The van der Waals surface area contributed by atoms with Crippen molar-refractivity contribution in [2.45, 2.75) is 26.2 Å². The fourth-order valence-corrected chi connectivity index (χ4v) is 0.810. The summed E-state index contributed by atoms with van der Waals surface area (Å²) in [7, 11) is 1.35. The maximum Gasteiger partial charge on any atom is 0.353 e. The van der Waals surface area contributed by atoms with Crippen LogP contribution < -0.4 is 5.32 Å². The zero-order chi connectivity index (χ0) is 9.40. The van der Waals surface area contributed by atoms with Crippen LogP contribution in [-0.4, -0.2) is 19.6 Å². The third-order valence-corrected chi connectivity index (χ3v) is 1.55. The maximum absolute atomic E-state index is 10.8. The molecule has 0 saturated heterocycles. The van der Waals surface area contributed by atoms with E-state index in [4.69, 9.17) is 0 Å². The first-order valence-electron chi connectivity index (χ1n) is 4.23. The molecular formula is C9H17NO2. The van der Waals surface area contributed by atoms with Gasteiger partial charge >= 0.3 is 5.97 Å². The summed E-state index contributed by atoms with van der Waals surface area (Å²) in [4.78, 5) is 10.8. The third-order valence-electron chi connectivity index (χ3n) is 1.55. The summed E-state index contributed by atoms with van der Waals surface area (Å²) in [6.45, 7) is 6.46. The van der Waals surface area contributed by atoms with Gasteiger partial charge in [-0.15, -0.1) is 0 Å². The lowest BCUT2D eigenvalue weighted by Gasteiger charge is -2.06. The average Bonchev–Trinajstić information content (AvgIpc) is 2.10. The van der Waals surface area contributed by atoms with Crippen LogP contribution >= 0.6 is 0 Å². The minimum atomic E-state index is -0.383. The highest BCUT2D eigenvalue weighted by molar-refractivity contribution is 5.86. The van der Waals surface area contributed by atoms with E-state index in [0.29, 0.717) is 5.70 Å². The Morgan fingerprint density at radius 3 is 2.67 bits per heavy atom. The predicted octanol–water partition coefficient (Wildman–Crippen LogP) is 1.45. The summed E-state index contributed by atoms with van der Waals surface area (Å²) >= 11 is 0. The van der Waals surface area contributed by atoms with Gasteiger partial charge < -0.3 is 10.1 Å². The second kappa shape index (κ2) is 6.70. The van der Waals surface area contributed by atoms with Crippen LogP contribution in [-0.2, 0) is 9.53 Å². The first-order valence-corrected chi connectivity index (χ1v) is 4.23. The van der Waals surface area contributed by atoms with Crippen LogP contribution in [0.1, 0.15) is 26.2 Å². The summed E-state index contributed by atoms with van der Waals surface area (Å²) in [5.41, 5.74) is 0.341. The van der Waals surface area contributed by atoms with E-state index in [1.165, 1.54) is 20.0 Å². The summed E-state index contributed by atoms with van der Waals surface area (Å²) in [6, 6.07) is 0. The monoisotopic (exact) mass is 171 g/mol. The number of methoxy groups -OCH3 is 1. The second-order valence-corrected chi connectivity index (χ2v) is 2.60. The summed E-state index contributed by atoms with van der Waals surface area (Å²) < 4.78 is 4.47. The van der Waals surface area contributed by atoms with Gasteiger partial charge in [0.25, 0.3) is 0 Å². The van der Waals surface area contributed by atoms with Crippen molar-refractivity contribution in [1.82, 2.24) is 5.32 Å². The number of esters is 1. The molecule has 0 radical (unpaired) electrons. The zero-order valence-electron chi connectivity index (χ0n) is 7.85. The molecule has 0 unspecified atom stereocenters. The highest BCUT2D eigenvalue weighted by Crippen LogP contribution is 1.93. The molecule has 0 rings (SSSR count). The van der Waals surface area contributed by atoms with Crippen molar-refractivity contribution in [3.8, 4) is 0 Å². The molecule has 0 aliphatic carbocycles. The lowest BCUT2D eigenvalue weighted by Crippen LogP contribution is -2.21. The maximum atomic E-state index is 10.8. The number of ether oxygens (including phenoxy) is 1. The van der Waals surface area contributed by atoms with E-state index in [9.17, 15) is 4.79 Å². The third kappa shape index (κ3) is 4.77. The summed E-state index contributed by atoms with van der Waals surface area (Å²) in [6.07, 6.45) is 3.40. The van der Waals surface area contributed by atoms with Gasteiger partial charge in [0.2, 0.25) is 0 Å². The van der Waals surface area contributed by atoms with Gasteiger partial charge in [-0.3, -0.25) is 0 Å². The second-order valence-electron chi connectivity index (χ2n) is 2.60. The lowest BCUT2D eigenvalue weighted by molar-refractivity contribution is -0.136. The standard InChI is InChI=1S/C9H17NO2/c1-4-5-6-7-10-8(2)9(11)12-3/h10H,2,4-7H2,1,3H3. The van der Waals surface area contributed by atoms with Crippen LogP contribution in [0, 0.1) is 0 Å². The van der Waals surface area contributed by atoms with Gasteiger partial charge in [-0.1, -0.05) is 26.3 Å². The minimum absolute atomic E-state index is 0.341. The Morgan fingerprint density at radius 2 is 2.17 bits per heavy atom. The minimum Gasteiger partial charge on any atom is -0.464 e. The molecule has 0 aliphatic heterocycles. The number of nitrogens with one attached hydrogen (secondary N) is 1. The van der Waals surface area contributed by atoms with Gasteiger partial charge in [0.05, 0.1) is 7.11 Å². The topological polar surface area (TPSA) is 38.3 Å². The average molecular weight is 171 g/mol. The van der Waals surface area contributed by atoms with Gasteiger partial charge in [-0.25, -0.2) is 4.79 Å². The van der Waals surface area contributed by atoms with E-state index in [0.717, 1.165) is 13.0 Å². The van der Waals surface area contributed by atoms with E-state index >= 15 is 0 Å². The predicted molar refractivity (Wildman–Crippen MR) is 48.7 cm³/mol. The quantitative estimate of drug-likeness (QED) is 0.373. The van der Waals surface area contributed by atoms with Crippen LogP contribution in [0.2, 0.25) is 0 Å². The first-order chi connectivity index (χ1) is 5.72. The van der Waals surface area contributed by atoms with Gasteiger partial charge in [0.15, 0.2) is 0 Å². The molecule has 0 fully saturated rings. The molecular weight excluding hydrogens is 154 g/mol. The number of carbonyl (C=O) groups is 1. The van der Waals surface area contributed by atoms with Crippen LogP contribution in [0.25, 0.3) is 0 Å². The summed E-state index contributed by atoms with van der Waals surface area (Å²) in [5, 5.41) is 2.90. The fourth-order valence-electron chi connectivity index (χ4n) is 0.810. The molecule has 0 bridgehead atoms. The smallest absolute Gasteiger partial charge is 0.353 e. The van der Waals surface area contributed by atoms with Gasteiger partial charge in [0.1, 0.15) is 5.70 Å². The molecule has 3 heteroatoms. The summed E-state index contributed by atoms with van der Waals surface area (Å²) in [5.74, 6) is -0.383. The fraction of sp³-hybridized carbons (Fsp3) is 0.667. The first kappa shape index (κ1) is 11.0. The lowest BCUT2D eigenvalue weighted by atomic mass is 10.2.